The van der Waals surface area contributed by atoms with E-state index in [0.29, 0.717) is 13.1 Å². The highest BCUT2D eigenvalue weighted by Gasteiger charge is 2.03. The molecule has 1 aromatic carbocycles. The van der Waals surface area contributed by atoms with Crippen molar-refractivity contribution in [3.63, 3.8) is 0 Å². The molecule has 0 fully saturated rings. The van der Waals surface area contributed by atoms with Crippen LogP contribution in [0.1, 0.15) is 25.3 Å². The third kappa shape index (κ3) is 6.56. The van der Waals surface area contributed by atoms with Crippen LogP contribution < -0.4 is 10.6 Å². The molecule has 1 aromatic rings. The maximum absolute atomic E-state index is 10.6. The minimum Gasteiger partial charge on any atom is -0.356 e. The Morgan fingerprint density at radius 2 is 2.10 bits per heavy atom. The van der Waals surface area contributed by atoms with Gasteiger partial charge in [0.1, 0.15) is 0 Å². The summed E-state index contributed by atoms with van der Waals surface area (Å²) in [6.07, 6.45) is 3.96. The summed E-state index contributed by atoms with van der Waals surface area (Å²) >= 11 is 0. The zero-order chi connectivity index (χ0) is 15.5. The van der Waals surface area contributed by atoms with E-state index in [9.17, 15) is 10.1 Å². The number of nitro benzene ring substituents is 1. The summed E-state index contributed by atoms with van der Waals surface area (Å²) in [7, 11) is 0. The van der Waals surface area contributed by atoms with Crippen LogP contribution in [0.4, 0.5) is 5.69 Å². The molecule has 21 heavy (non-hydrogen) atoms. The van der Waals surface area contributed by atoms with Gasteiger partial charge in [-0.25, -0.2) is 4.99 Å². The lowest BCUT2D eigenvalue weighted by molar-refractivity contribution is -0.384. The molecular formula is C15H22N4O2. The lowest BCUT2D eigenvalue weighted by atomic mass is 10.2. The van der Waals surface area contributed by atoms with E-state index in [1.165, 1.54) is 12.1 Å². The van der Waals surface area contributed by atoms with Gasteiger partial charge in [-0.15, -0.1) is 6.58 Å². The van der Waals surface area contributed by atoms with Crippen LogP contribution >= 0.6 is 0 Å². The zero-order valence-corrected chi connectivity index (χ0v) is 12.3. The molecule has 0 atom stereocenters. The average Bonchev–Trinajstić information content (AvgIpc) is 2.50. The minimum absolute atomic E-state index is 0.0915. The normalized spacial score (nSPS) is 11.0. The number of nitro groups is 1. The van der Waals surface area contributed by atoms with Crippen LogP contribution in [0.5, 0.6) is 0 Å². The van der Waals surface area contributed by atoms with E-state index in [1.807, 2.05) is 0 Å². The standard InChI is InChI=1S/C15H22N4O2/c1-3-5-11-17-15(16-10-4-2)18-12-13-6-8-14(9-7-13)19(20)21/h4,6-9H,2-3,5,10-12H2,1H3,(H2,16,17,18). The number of hydrogen-bond donors (Lipinski definition) is 2. The van der Waals surface area contributed by atoms with E-state index in [4.69, 9.17) is 0 Å². The van der Waals surface area contributed by atoms with Gasteiger partial charge in [0.15, 0.2) is 5.96 Å². The molecule has 0 saturated heterocycles. The summed E-state index contributed by atoms with van der Waals surface area (Å²) in [5.74, 6) is 0.724. The summed E-state index contributed by atoms with van der Waals surface area (Å²) in [5.41, 5.74) is 1.02. The first-order valence-electron chi connectivity index (χ1n) is 7.03. The van der Waals surface area contributed by atoms with Crippen molar-refractivity contribution in [2.24, 2.45) is 4.99 Å². The lowest BCUT2D eigenvalue weighted by Crippen LogP contribution is -2.37. The quantitative estimate of drug-likeness (QED) is 0.193. The third-order valence-electron chi connectivity index (χ3n) is 2.80. The highest BCUT2D eigenvalue weighted by atomic mass is 16.6. The van der Waals surface area contributed by atoms with Crippen LogP contribution in [-0.4, -0.2) is 24.0 Å². The molecule has 0 heterocycles. The predicted molar refractivity (Wildman–Crippen MR) is 85.3 cm³/mol. The van der Waals surface area contributed by atoms with Gasteiger partial charge in [0.25, 0.3) is 5.69 Å². The molecule has 0 aliphatic heterocycles. The second-order valence-electron chi connectivity index (χ2n) is 4.54. The van der Waals surface area contributed by atoms with Crippen molar-refractivity contribution in [1.29, 1.82) is 0 Å². The Morgan fingerprint density at radius 3 is 2.67 bits per heavy atom. The van der Waals surface area contributed by atoms with E-state index in [-0.39, 0.29) is 5.69 Å². The fourth-order valence-corrected chi connectivity index (χ4v) is 1.62. The van der Waals surface area contributed by atoms with Gasteiger partial charge in [0.2, 0.25) is 0 Å². The molecule has 1 rings (SSSR count). The van der Waals surface area contributed by atoms with Gasteiger partial charge >= 0.3 is 0 Å². The first-order chi connectivity index (χ1) is 10.2. The van der Waals surface area contributed by atoms with Gasteiger partial charge in [-0.05, 0) is 12.0 Å². The molecule has 0 radical (unpaired) electrons. The number of nitrogens with one attached hydrogen (secondary N) is 2. The minimum atomic E-state index is -0.406. The molecule has 6 heteroatoms. The molecule has 0 spiro atoms. The largest absolute Gasteiger partial charge is 0.356 e. The topological polar surface area (TPSA) is 79.6 Å². The number of non-ortho nitro benzene ring substituents is 1. The molecule has 6 nitrogen and oxygen atoms in total. The maximum atomic E-state index is 10.6. The number of guanidine groups is 1. The van der Waals surface area contributed by atoms with E-state index in [2.05, 4.69) is 29.1 Å². The summed E-state index contributed by atoms with van der Waals surface area (Å²) < 4.78 is 0. The molecule has 0 saturated carbocycles. The van der Waals surface area contributed by atoms with Gasteiger partial charge in [-0.1, -0.05) is 31.6 Å². The molecule has 2 N–H and O–H groups in total. The predicted octanol–water partition coefficient (Wildman–Crippen LogP) is 2.62. The molecule has 0 aromatic heterocycles. The van der Waals surface area contributed by atoms with Gasteiger partial charge in [0, 0.05) is 25.2 Å². The van der Waals surface area contributed by atoms with Crippen molar-refractivity contribution in [2.75, 3.05) is 13.1 Å². The van der Waals surface area contributed by atoms with Crippen LogP contribution in [0.3, 0.4) is 0 Å². The molecular weight excluding hydrogens is 268 g/mol. The fourth-order valence-electron chi connectivity index (χ4n) is 1.62. The Balaban J connectivity index is 2.61. The van der Waals surface area contributed by atoms with E-state index in [0.717, 1.165) is 30.9 Å². The first kappa shape index (κ1) is 16.7. The van der Waals surface area contributed by atoms with Crippen molar-refractivity contribution < 1.29 is 4.92 Å². The lowest BCUT2D eigenvalue weighted by Gasteiger charge is -2.10. The van der Waals surface area contributed by atoms with Crippen LogP contribution in [-0.2, 0) is 6.54 Å². The smallest absolute Gasteiger partial charge is 0.269 e. The number of unbranched alkanes of at least 4 members (excludes halogenated alkanes) is 1. The highest BCUT2D eigenvalue weighted by molar-refractivity contribution is 5.79. The van der Waals surface area contributed by atoms with Crippen LogP contribution in [0, 0.1) is 10.1 Å². The number of rotatable bonds is 8. The van der Waals surface area contributed by atoms with Gasteiger partial charge in [0.05, 0.1) is 11.5 Å². The zero-order valence-electron chi connectivity index (χ0n) is 12.3. The number of hydrogen-bond acceptors (Lipinski definition) is 3. The summed E-state index contributed by atoms with van der Waals surface area (Å²) in [6, 6.07) is 6.43. The second kappa shape index (κ2) is 9.52. The maximum Gasteiger partial charge on any atom is 0.269 e. The SMILES string of the molecule is C=CCNC(=NCc1ccc([N+](=O)[O-])cc1)NCCCC. The third-order valence-corrected chi connectivity index (χ3v) is 2.80. The molecule has 0 unspecified atom stereocenters. The van der Waals surface area contributed by atoms with Gasteiger partial charge < -0.3 is 10.6 Å². The Morgan fingerprint density at radius 1 is 1.38 bits per heavy atom. The van der Waals surface area contributed by atoms with E-state index >= 15 is 0 Å². The number of nitrogens with zero attached hydrogens (tertiary/aromatic N) is 2. The van der Waals surface area contributed by atoms with Crippen molar-refractivity contribution >= 4 is 11.6 Å². The van der Waals surface area contributed by atoms with Crippen LogP contribution in [0.25, 0.3) is 0 Å². The number of aliphatic imine (C=N–C) groups is 1. The monoisotopic (exact) mass is 290 g/mol. The van der Waals surface area contributed by atoms with Crippen LogP contribution in [0.2, 0.25) is 0 Å². The molecule has 0 bridgehead atoms. The molecule has 0 amide bonds. The van der Waals surface area contributed by atoms with Crippen molar-refractivity contribution in [1.82, 2.24) is 10.6 Å². The van der Waals surface area contributed by atoms with E-state index < -0.39 is 4.92 Å². The summed E-state index contributed by atoms with van der Waals surface area (Å²) in [5, 5.41) is 17.0. The first-order valence-corrected chi connectivity index (χ1v) is 7.03. The Kier molecular flexibility index (Phi) is 7.56. The highest BCUT2D eigenvalue weighted by Crippen LogP contribution is 2.12. The molecule has 114 valence electrons. The van der Waals surface area contributed by atoms with Crippen LogP contribution in [0.15, 0.2) is 41.9 Å². The van der Waals surface area contributed by atoms with Gasteiger partial charge in [-0.3, -0.25) is 10.1 Å². The van der Waals surface area contributed by atoms with Crippen molar-refractivity contribution in [3.05, 3.63) is 52.6 Å². The van der Waals surface area contributed by atoms with Crippen molar-refractivity contribution in [3.8, 4) is 0 Å². The average molecular weight is 290 g/mol. The fraction of sp³-hybridized carbons (Fsp3) is 0.400. The van der Waals surface area contributed by atoms with Gasteiger partial charge in [-0.2, -0.15) is 0 Å². The summed E-state index contributed by atoms with van der Waals surface area (Å²) in [4.78, 5) is 14.6. The Bertz CT molecular complexity index is 483. The number of benzene rings is 1. The molecule has 0 aliphatic rings. The Hall–Kier alpha value is -2.37. The second-order valence-corrected chi connectivity index (χ2v) is 4.54. The summed E-state index contributed by atoms with van der Waals surface area (Å²) in [6.45, 7) is 7.76. The molecule has 0 aliphatic carbocycles. The van der Waals surface area contributed by atoms with Crippen molar-refractivity contribution in [2.45, 2.75) is 26.3 Å². The van der Waals surface area contributed by atoms with E-state index in [1.54, 1.807) is 18.2 Å². The Labute approximate surface area is 125 Å².